The molecule has 1 aromatic carbocycles. The fourth-order valence-electron chi connectivity index (χ4n) is 2.41. The number of Topliss-reactive ketones (excluding diaryl/α,β-unsaturated/α-hetero) is 1. The number of hydrogen-bond acceptors (Lipinski definition) is 3. The number of rotatable bonds is 2. The van der Waals surface area contributed by atoms with E-state index in [0.717, 1.165) is 0 Å². The minimum atomic E-state index is -3.63. The Morgan fingerprint density at radius 2 is 1.85 bits per heavy atom. The molecule has 0 saturated carbocycles. The molecule has 0 spiro atoms. The van der Waals surface area contributed by atoms with Crippen LogP contribution in [0.15, 0.2) is 47.5 Å². The monoisotopic (exact) mass is 353 g/mol. The van der Waals surface area contributed by atoms with Gasteiger partial charge in [-0.2, -0.15) is 0 Å². The molecule has 1 atom stereocenters. The average molecular weight is 354 g/mol. The van der Waals surface area contributed by atoms with Gasteiger partial charge in [-0.15, -0.1) is 0 Å². The van der Waals surface area contributed by atoms with Crippen LogP contribution in [0.3, 0.4) is 0 Å². The molecule has 0 fully saturated rings. The van der Waals surface area contributed by atoms with Crippen molar-refractivity contribution in [3.63, 3.8) is 0 Å². The molecule has 1 aliphatic carbocycles. The zero-order valence-corrected chi connectivity index (χ0v) is 12.9. The van der Waals surface area contributed by atoms with E-state index in [-0.39, 0.29) is 15.5 Å². The summed E-state index contributed by atoms with van der Waals surface area (Å²) in [5.74, 6) is -0.0479. The number of hydrogen-bond donors (Lipinski definition) is 0. The Balaban J connectivity index is 2.14. The van der Waals surface area contributed by atoms with Crippen LogP contribution in [-0.2, 0) is 16.4 Å². The van der Waals surface area contributed by atoms with Crippen molar-refractivity contribution >= 4 is 31.7 Å². The van der Waals surface area contributed by atoms with Crippen LogP contribution in [0.4, 0.5) is 0 Å². The normalized spacial score (nSPS) is 18.9. The summed E-state index contributed by atoms with van der Waals surface area (Å²) < 4.78 is 26.4. The predicted octanol–water partition coefficient (Wildman–Crippen LogP) is 2.62. The number of ketones is 1. The van der Waals surface area contributed by atoms with Crippen molar-refractivity contribution < 1.29 is 13.2 Å². The maximum absolute atomic E-state index is 12.6. The third-order valence-corrected chi connectivity index (χ3v) is 6.04. The third-order valence-electron chi connectivity index (χ3n) is 3.44. The van der Waals surface area contributed by atoms with Gasteiger partial charge in [-0.05, 0) is 31.0 Å². The van der Waals surface area contributed by atoms with E-state index in [1.165, 1.54) is 10.2 Å². The highest BCUT2D eigenvalue weighted by Crippen LogP contribution is 2.29. The van der Waals surface area contributed by atoms with Crippen molar-refractivity contribution in [2.45, 2.75) is 22.6 Å². The summed E-state index contributed by atoms with van der Waals surface area (Å²) in [6.07, 6.45) is 2.64. The molecule has 1 aliphatic rings. The molecule has 3 rings (SSSR count). The number of nitrogens with zero attached hydrogens (tertiary/aromatic N) is 1. The first-order valence-electron chi connectivity index (χ1n) is 6.21. The summed E-state index contributed by atoms with van der Waals surface area (Å²) in [6.45, 7) is 0. The lowest BCUT2D eigenvalue weighted by molar-refractivity contribution is 0.0981. The second-order valence-corrected chi connectivity index (χ2v) is 7.58. The summed E-state index contributed by atoms with van der Waals surface area (Å²) in [5.41, 5.74) is 1.08. The first-order chi connectivity index (χ1) is 9.51. The van der Waals surface area contributed by atoms with Gasteiger partial charge in [0.25, 0.3) is 10.0 Å². The van der Waals surface area contributed by atoms with Crippen molar-refractivity contribution in [2.24, 2.45) is 0 Å². The van der Waals surface area contributed by atoms with Crippen LogP contribution < -0.4 is 0 Å². The lowest BCUT2D eigenvalue weighted by atomic mass is 9.97. The average Bonchev–Trinajstić information content (AvgIpc) is 2.89. The van der Waals surface area contributed by atoms with Crippen LogP contribution in [-0.4, -0.2) is 23.0 Å². The van der Waals surface area contributed by atoms with Crippen molar-refractivity contribution in [1.29, 1.82) is 0 Å². The Kier molecular flexibility index (Phi) is 3.30. The Bertz CT molecular complexity index is 765. The van der Waals surface area contributed by atoms with E-state index in [2.05, 4.69) is 15.9 Å². The molecule has 1 heterocycles. The van der Waals surface area contributed by atoms with E-state index in [9.17, 15) is 13.2 Å². The molecule has 2 aromatic rings. The van der Waals surface area contributed by atoms with Crippen molar-refractivity contribution in [3.8, 4) is 0 Å². The summed E-state index contributed by atoms with van der Waals surface area (Å²) in [4.78, 5) is 12.0. The number of carbonyl (C=O) groups excluding carboxylic acids is 1. The van der Waals surface area contributed by atoms with E-state index in [0.29, 0.717) is 24.1 Å². The van der Waals surface area contributed by atoms with Gasteiger partial charge in [0, 0.05) is 17.5 Å². The van der Waals surface area contributed by atoms with Gasteiger partial charge in [-0.25, -0.2) is 12.4 Å². The van der Waals surface area contributed by atoms with Gasteiger partial charge in [-0.3, -0.25) is 4.79 Å². The summed E-state index contributed by atoms with van der Waals surface area (Å²) >= 11 is 3.32. The third kappa shape index (κ3) is 2.03. The van der Waals surface area contributed by atoms with Crippen LogP contribution in [0, 0.1) is 0 Å². The SMILES string of the molecule is O=C1c2ccn(S(=O)(=O)c3ccccc3)c2CC[C@@H]1Br. The van der Waals surface area contributed by atoms with Crippen LogP contribution >= 0.6 is 15.9 Å². The van der Waals surface area contributed by atoms with Gasteiger partial charge in [0.15, 0.2) is 5.78 Å². The van der Waals surface area contributed by atoms with Gasteiger partial charge in [0.2, 0.25) is 0 Å². The molecule has 0 saturated heterocycles. The number of benzene rings is 1. The van der Waals surface area contributed by atoms with Crippen molar-refractivity contribution in [2.75, 3.05) is 0 Å². The van der Waals surface area contributed by atoms with Gasteiger partial charge in [-0.1, -0.05) is 34.1 Å². The molecule has 4 nitrogen and oxygen atoms in total. The van der Waals surface area contributed by atoms with Gasteiger partial charge >= 0.3 is 0 Å². The fourth-order valence-corrected chi connectivity index (χ4v) is 4.32. The molecule has 0 bridgehead atoms. The van der Waals surface area contributed by atoms with Gasteiger partial charge < -0.3 is 0 Å². The topological polar surface area (TPSA) is 56.1 Å². The highest BCUT2D eigenvalue weighted by Gasteiger charge is 2.31. The smallest absolute Gasteiger partial charge is 0.267 e. The number of fused-ring (bicyclic) bond motifs is 1. The molecular weight excluding hydrogens is 342 g/mol. The van der Waals surface area contributed by atoms with Crippen molar-refractivity contribution in [1.82, 2.24) is 3.97 Å². The van der Waals surface area contributed by atoms with E-state index >= 15 is 0 Å². The largest absolute Gasteiger partial charge is 0.293 e. The zero-order valence-electron chi connectivity index (χ0n) is 10.5. The van der Waals surface area contributed by atoms with E-state index in [1.807, 2.05) is 0 Å². The summed E-state index contributed by atoms with van der Waals surface area (Å²) in [6, 6.07) is 9.83. The number of aromatic nitrogens is 1. The molecule has 6 heteroatoms. The molecule has 0 aliphatic heterocycles. The van der Waals surface area contributed by atoms with Crippen LogP contribution in [0.25, 0.3) is 0 Å². The minimum Gasteiger partial charge on any atom is -0.293 e. The van der Waals surface area contributed by atoms with Crippen LogP contribution in [0.5, 0.6) is 0 Å². The first kappa shape index (κ1) is 13.6. The molecular formula is C14H12BrNO3S. The molecule has 0 unspecified atom stereocenters. The second-order valence-electron chi connectivity index (χ2n) is 4.66. The first-order valence-corrected chi connectivity index (χ1v) is 8.56. The Hall–Kier alpha value is -1.40. The summed E-state index contributed by atoms with van der Waals surface area (Å²) in [5, 5.41) is 0. The number of halogens is 1. The second kappa shape index (κ2) is 4.86. The predicted molar refractivity (Wildman–Crippen MR) is 78.8 cm³/mol. The van der Waals surface area contributed by atoms with Gasteiger partial charge in [0.05, 0.1) is 9.72 Å². The standard InChI is InChI=1S/C14H12BrNO3S/c15-12-6-7-13-11(14(12)17)8-9-16(13)20(18,19)10-4-2-1-3-5-10/h1-5,8-9,12H,6-7H2/t12-/m0/s1. The molecule has 104 valence electrons. The number of carbonyl (C=O) groups is 1. The minimum absolute atomic E-state index is 0.0479. The fraction of sp³-hybridized carbons (Fsp3) is 0.214. The molecule has 20 heavy (non-hydrogen) atoms. The van der Waals surface area contributed by atoms with Crippen LogP contribution in [0.1, 0.15) is 22.5 Å². The van der Waals surface area contributed by atoms with E-state index < -0.39 is 10.0 Å². The van der Waals surface area contributed by atoms with Crippen molar-refractivity contribution in [3.05, 3.63) is 53.9 Å². The maximum atomic E-state index is 12.6. The molecule has 0 amide bonds. The lowest BCUT2D eigenvalue weighted by Crippen LogP contribution is -2.25. The highest BCUT2D eigenvalue weighted by molar-refractivity contribution is 9.10. The Labute approximate surface area is 125 Å². The number of alkyl halides is 1. The highest BCUT2D eigenvalue weighted by atomic mass is 79.9. The molecule has 1 aromatic heterocycles. The van der Waals surface area contributed by atoms with Gasteiger partial charge in [0.1, 0.15) is 0 Å². The van der Waals surface area contributed by atoms with E-state index in [1.54, 1.807) is 36.4 Å². The summed E-state index contributed by atoms with van der Waals surface area (Å²) in [7, 11) is -3.63. The zero-order chi connectivity index (χ0) is 14.3. The van der Waals surface area contributed by atoms with E-state index in [4.69, 9.17) is 0 Å². The molecule has 0 N–H and O–H groups in total. The molecule has 0 radical (unpaired) electrons. The Morgan fingerprint density at radius 3 is 2.55 bits per heavy atom. The maximum Gasteiger partial charge on any atom is 0.267 e. The van der Waals surface area contributed by atoms with Crippen LogP contribution in [0.2, 0.25) is 0 Å². The Morgan fingerprint density at radius 1 is 1.15 bits per heavy atom. The quantitative estimate of drug-likeness (QED) is 0.779. The lowest BCUT2D eigenvalue weighted by Gasteiger charge is -2.18.